The summed E-state index contributed by atoms with van der Waals surface area (Å²) >= 11 is 0. The third-order valence-corrected chi connectivity index (χ3v) is 3.56. The van der Waals surface area contributed by atoms with Gasteiger partial charge in [0.25, 0.3) is 0 Å². The van der Waals surface area contributed by atoms with Crippen LogP contribution in [0, 0.1) is 0 Å². The lowest BCUT2D eigenvalue weighted by atomic mass is 10.2. The van der Waals surface area contributed by atoms with Gasteiger partial charge in [0.2, 0.25) is 0 Å². The first-order valence-corrected chi connectivity index (χ1v) is 6.60. The molecule has 0 spiro atoms. The van der Waals surface area contributed by atoms with Gasteiger partial charge >= 0.3 is 6.18 Å². The number of alkyl halides is 3. The molecule has 3 nitrogen and oxygen atoms in total. The summed E-state index contributed by atoms with van der Waals surface area (Å²) < 4.78 is 40.9. The molecule has 1 fully saturated rings. The predicted molar refractivity (Wildman–Crippen MR) is 72.3 cm³/mol. The maximum absolute atomic E-state index is 12.1. The first kappa shape index (κ1) is 15.0. The van der Waals surface area contributed by atoms with Crippen LogP contribution in [-0.4, -0.2) is 50.4 Å². The summed E-state index contributed by atoms with van der Waals surface area (Å²) in [5, 5.41) is 0. The number of anilines is 1. The van der Waals surface area contributed by atoms with Crippen LogP contribution in [0.5, 0.6) is 5.75 Å². The van der Waals surface area contributed by atoms with Gasteiger partial charge in [-0.1, -0.05) is 0 Å². The van der Waals surface area contributed by atoms with E-state index in [9.17, 15) is 13.2 Å². The van der Waals surface area contributed by atoms with Crippen LogP contribution in [0.2, 0.25) is 0 Å². The standard InChI is InChI=1S/C14H19F3N2O/c1-11-9-19(8-7-18(11)2)12-3-5-13(6-4-12)20-10-14(15,16)17/h3-6,11H,7-10H2,1-2H3. The Morgan fingerprint density at radius 3 is 2.40 bits per heavy atom. The quantitative estimate of drug-likeness (QED) is 0.850. The summed E-state index contributed by atoms with van der Waals surface area (Å²) in [6.07, 6.45) is -4.30. The van der Waals surface area contributed by atoms with Gasteiger partial charge in [0.05, 0.1) is 0 Å². The van der Waals surface area contributed by atoms with E-state index < -0.39 is 12.8 Å². The molecule has 0 bridgehead atoms. The van der Waals surface area contributed by atoms with Gasteiger partial charge in [0, 0.05) is 31.4 Å². The Morgan fingerprint density at radius 2 is 1.85 bits per heavy atom. The van der Waals surface area contributed by atoms with Crippen LogP contribution in [0.3, 0.4) is 0 Å². The Labute approximate surface area is 116 Å². The van der Waals surface area contributed by atoms with Gasteiger partial charge in [-0.25, -0.2) is 0 Å². The molecule has 1 heterocycles. The highest BCUT2D eigenvalue weighted by molar-refractivity contribution is 5.49. The number of rotatable bonds is 3. The van der Waals surface area contributed by atoms with E-state index in [-0.39, 0.29) is 5.75 Å². The Hall–Kier alpha value is -1.43. The Kier molecular flexibility index (Phi) is 4.42. The molecule has 0 aliphatic carbocycles. The van der Waals surface area contributed by atoms with Crippen molar-refractivity contribution in [2.45, 2.75) is 19.1 Å². The molecule has 1 saturated heterocycles. The van der Waals surface area contributed by atoms with Crippen LogP contribution >= 0.6 is 0 Å². The molecular weight excluding hydrogens is 269 g/mol. The SMILES string of the molecule is CC1CN(c2ccc(OCC(F)(F)F)cc2)CCN1C. The minimum absolute atomic E-state index is 0.244. The molecule has 1 unspecified atom stereocenters. The highest BCUT2D eigenvalue weighted by atomic mass is 19.4. The average molecular weight is 288 g/mol. The summed E-state index contributed by atoms with van der Waals surface area (Å²) in [5.74, 6) is 0.244. The number of ether oxygens (including phenoxy) is 1. The fourth-order valence-corrected chi connectivity index (χ4v) is 2.20. The van der Waals surface area contributed by atoms with E-state index >= 15 is 0 Å². The van der Waals surface area contributed by atoms with Crippen molar-refractivity contribution in [3.63, 3.8) is 0 Å². The van der Waals surface area contributed by atoms with Crippen molar-refractivity contribution in [1.29, 1.82) is 0 Å². The second-order valence-corrected chi connectivity index (χ2v) is 5.17. The molecule has 1 aliphatic heterocycles. The van der Waals surface area contributed by atoms with Crippen LogP contribution in [0.4, 0.5) is 18.9 Å². The van der Waals surface area contributed by atoms with E-state index in [1.54, 1.807) is 12.1 Å². The predicted octanol–water partition coefficient (Wildman–Crippen LogP) is 2.77. The molecule has 1 atom stereocenters. The lowest BCUT2D eigenvalue weighted by molar-refractivity contribution is -0.153. The normalized spacial score (nSPS) is 21.1. The summed E-state index contributed by atoms with van der Waals surface area (Å²) in [7, 11) is 2.09. The van der Waals surface area contributed by atoms with Gasteiger partial charge in [-0.15, -0.1) is 0 Å². The molecular formula is C14H19F3N2O. The maximum atomic E-state index is 12.1. The van der Waals surface area contributed by atoms with Crippen molar-refractivity contribution < 1.29 is 17.9 Å². The van der Waals surface area contributed by atoms with E-state index in [1.165, 1.54) is 0 Å². The molecule has 20 heavy (non-hydrogen) atoms. The number of likely N-dealkylation sites (N-methyl/N-ethyl adjacent to an activating group) is 1. The summed E-state index contributed by atoms with van der Waals surface area (Å²) in [6.45, 7) is 3.72. The van der Waals surface area contributed by atoms with E-state index in [4.69, 9.17) is 4.74 Å². The van der Waals surface area contributed by atoms with Crippen LogP contribution in [0.1, 0.15) is 6.92 Å². The third-order valence-electron chi connectivity index (χ3n) is 3.56. The van der Waals surface area contributed by atoms with Crippen molar-refractivity contribution in [3.05, 3.63) is 24.3 Å². The van der Waals surface area contributed by atoms with Gasteiger partial charge in [-0.05, 0) is 38.2 Å². The summed E-state index contributed by atoms with van der Waals surface area (Å²) in [4.78, 5) is 4.52. The Morgan fingerprint density at radius 1 is 1.20 bits per heavy atom. The molecule has 0 amide bonds. The van der Waals surface area contributed by atoms with Gasteiger partial charge < -0.3 is 14.5 Å². The van der Waals surface area contributed by atoms with Crippen molar-refractivity contribution >= 4 is 5.69 Å². The number of piperazine rings is 1. The molecule has 0 radical (unpaired) electrons. The fraction of sp³-hybridized carbons (Fsp3) is 0.571. The van der Waals surface area contributed by atoms with Crippen LogP contribution < -0.4 is 9.64 Å². The van der Waals surface area contributed by atoms with Gasteiger partial charge in [0.1, 0.15) is 5.75 Å². The zero-order chi connectivity index (χ0) is 14.8. The van der Waals surface area contributed by atoms with Crippen LogP contribution in [-0.2, 0) is 0 Å². The van der Waals surface area contributed by atoms with E-state index in [0.717, 1.165) is 25.3 Å². The highest BCUT2D eigenvalue weighted by Gasteiger charge is 2.28. The van der Waals surface area contributed by atoms with Crippen molar-refractivity contribution in [1.82, 2.24) is 4.90 Å². The van der Waals surface area contributed by atoms with Crippen LogP contribution in [0.25, 0.3) is 0 Å². The number of halogens is 3. The lowest BCUT2D eigenvalue weighted by Gasteiger charge is -2.39. The Bertz CT molecular complexity index is 433. The molecule has 1 aromatic rings. The highest BCUT2D eigenvalue weighted by Crippen LogP contribution is 2.23. The molecule has 1 aliphatic rings. The largest absolute Gasteiger partial charge is 0.484 e. The minimum atomic E-state index is -4.30. The van der Waals surface area contributed by atoms with Gasteiger partial charge in [-0.3, -0.25) is 0 Å². The number of hydrogen-bond donors (Lipinski definition) is 0. The Balaban J connectivity index is 1.94. The molecule has 112 valence electrons. The zero-order valence-electron chi connectivity index (χ0n) is 11.7. The molecule has 0 N–H and O–H groups in total. The zero-order valence-corrected chi connectivity index (χ0v) is 11.7. The number of hydrogen-bond acceptors (Lipinski definition) is 3. The van der Waals surface area contributed by atoms with Crippen molar-refractivity contribution in [2.24, 2.45) is 0 Å². The minimum Gasteiger partial charge on any atom is -0.484 e. The molecule has 0 saturated carbocycles. The lowest BCUT2D eigenvalue weighted by Crippen LogP contribution is -2.50. The van der Waals surface area contributed by atoms with Crippen molar-refractivity contribution in [3.8, 4) is 5.75 Å². The van der Waals surface area contributed by atoms with Crippen molar-refractivity contribution in [2.75, 3.05) is 38.2 Å². The smallest absolute Gasteiger partial charge is 0.422 e. The summed E-state index contributed by atoms with van der Waals surface area (Å²) in [6, 6.07) is 7.26. The second-order valence-electron chi connectivity index (χ2n) is 5.17. The average Bonchev–Trinajstić information content (AvgIpc) is 2.39. The van der Waals surface area contributed by atoms with Gasteiger partial charge in [0.15, 0.2) is 6.61 Å². The van der Waals surface area contributed by atoms with Gasteiger partial charge in [-0.2, -0.15) is 13.2 Å². The molecule has 6 heteroatoms. The first-order chi connectivity index (χ1) is 9.35. The van der Waals surface area contributed by atoms with E-state index in [1.807, 2.05) is 12.1 Å². The molecule has 2 rings (SSSR count). The number of benzene rings is 1. The maximum Gasteiger partial charge on any atom is 0.422 e. The topological polar surface area (TPSA) is 15.7 Å². The van der Waals surface area contributed by atoms with E-state index in [2.05, 4.69) is 23.8 Å². The number of nitrogens with zero attached hydrogens (tertiary/aromatic N) is 2. The fourth-order valence-electron chi connectivity index (χ4n) is 2.20. The second kappa shape index (κ2) is 5.91. The van der Waals surface area contributed by atoms with Crippen LogP contribution in [0.15, 0.2) is 24.3 Å². The molecule has 0 aromatic heterocycles. The summed E-state index contributed by atoms with van der Waals surface area (Å²) in [5.41, 5.74) is 1.02. The first-order valence-electron chi connectivity index (χ1n) is 6.60. The monoisotopic (exact) mass is 288 g/mol. The third kappa shape index (κ3) is 4.03. The molecule has 1 aromatic carbocycles. The van der Waals surface area contributed by atoms with E-state index in [0.29, 0.717) is 6.04 Å².